The summed E-state index contributed by atoms with van der Waals surface area (Å²) in [7, 11) is 0. The summed E-state index contributed by atoms with van der Waals surface area (Å²) in [4.78, 5) is 4.19. The van der Waals surface area contributed by atoms with E-state index < -0.39 is 0 Å². The number of pyridine rings is 1. The lowest BCUT2D eigenvalue weighted by Crippen LogP contribution is -2.19. The van der Waals surface area contributed by atoms with Crippen LogP contribution in [0.15, 0.2) is 42.7 Å². The number of nitrogens with zero attached hydrogens (tertiary/aromatic N) is 1. The van der Waals surface area contributed by atoms with Crippen LogP contribution in [0.5, 0.6) is 5.75 Å². The Morgan fingerprint density at radius 3 is 2.78 bits per heavy atom. The summed E-state index contributed by atoms with van der Waals surface area (Å²) in [6.45, 7) is 0.874. The summed E-state index contributed by atoms with van der Waals surface area (Å²) in [6, 6.07) is 10.7. The molecule has 1 aromatic heterocycles. The second-order valence-electron chi connectivity index (χ2n) is 5.33. The lowest BCUT2D eigenvalue weighted by molar-refractivity contribution is 0.260. The molecule has 0 amide bonds. The largest absolute Gasteiger partial charge is 0.493 e. The monoisotopic (exact) mass is 237 g/mol. The third-order valence-electron chi connectivity index (χ3n) is 4.24. The lowest BCUT2D eigenvalue weighted by atomic mass is 9.88. The van der Waals surface area contributed by atoms with E-state index in [1.807, 2.05) is 18.5 Å². The second-order valence-corrected chi connectivity index (χ2v) is 5.33. The molecule has 2 aliphatic rings. The Morgan fingerprint density at radius 1 is 1.06 bits per heavy atom. The van der Waals surface area contributed by atoms with Crippen LogP contribution in [0.25, 0.3) is 11.1 Å². The first-order valence-electron chi connectivity index (χ1n) is 6.55. The highest BCUT2D eigenvalue weighted by Gasteiger charge is 2.47. The zero-order valence-electron chi connectivity index (χ0n) is 10.2. The maximum Gasteiger partial charge on any atom is 0.123 e. The SMILES string of the molecule is c1cncc(-c2ccc3c(c2)C2(CCO3)CC2)c1. The topological polar surface area (TPSA) is 22.1 Å². The first kappa shape index (κ1) is 10.1. The third-order valence-corrected chi connectivity index (χ3v) is 4.24. The number of hydrogen-bond donors (Lipinski definition) is 0. The van der Waals surface area contributed by atoms with Gasteiger partial charge in [-0.3, -0.25) is 4.98 Å². The van der Waals surface area contributed by atoms with E-state index in [0.717, 1.165) is 12.4 Å². The standard InChI is InChI=1S/C16H15NO/c1-2-13(11-17-8-1)12-3-4-15-14(10-12)16(5-6-16)7-9-18-15/h1-4,8,10-11H,5-7,9H2. The minimum absolute atomic E-state index is 0.436. The van der Waals surface area contributed by atoms with E-state index in [2.05, 4.69) is 29.2 Å². The number of fused-ring (bicyclic) bond motifs is 2. The molecule has 0 N–H and O–H groups in total. The molecular formula is C16H15NO. The van der Waals surface area contributed by atoms with Crippen molar-refractivity contribution in [3.05, 3.63) is 48.3 Å². The summed E-state index contributed by atoms with van der Waals surface area (Å²) in [5.74, 6) is 1.09. The zero-order chi connectivity index (χ0) is 12.0. The van der Waals surface area contributed by atoms with Crippen LogP contribution in [-0.2, 0) is 5.41 Å². The van der Waals surface area contributed by atoms with Gasteiger partial charge in [0.1, 0.15) is 5.75 Å². The van der Waals surface area contributed by atoms with Crippen molar-refractivity contribution in [1.29, 1.82) is 0 Å². The Morgan fingerprint density at radius 2 is 2.00 bits per heavy atom. The van der Waals surface area contributed by atoms with Crippen molar-refractivity contribution in [2.24, 2.45) is 0 Å². The lowest BCUT2D eigenvalue weighted by Gasteiger charge is -2.26. The first-order valence-corrected chi connectivity index (χ1v) is 6.55. The molecule has 0 unspecified atom stereocenters. The minimum Gasteiger partial charge on any atom is -0.493 e. The molecule has 1 fully saturated rings. The van der Waals surface area contributed by atoms with E-state index in [4.69, 9.17) is 4.74 Å². The molecule has 1 aliphatic heterocycles. The first-order chi connectivity index (χ1) is 8.87. The molecular weight excluding hydrogens is 222 g/mol. The van der Waals surface area contributed by atoms with Gasteiger partial charge in [0, 0.05) is 28.9 Å². The van der Waals surface area contributed by atoms with E-state index >= 15 is 0 Å². The highest BCUT2D eigenvalue weighted by Crippen LogP contribution is 2.56. The van der Waals surface area contributed by atoms with Crippen LogP contribution in [0.1, 0.15) is 24.8 Å². The molecule has 0 saturated heterocycles. The molecule has 1 spiro atoms. The number of aromatic nitrogens is 1. The zero-order valence-corrected chi connectivity index (χ0v) is 10.2. The van der Waals surface area contributed by atoms with Gasteiger partial charge in [-0.1, -0.05) is 12.1 Å². The molecule has 0 radical (unpaired) electrons. The smallest absolute Gasteiger partial charge is 0.123 e. The fraction of sp³-hybridized carbons (Fsp3) is 0.312. The Hall–Kier alpha value is -1.83. The van der Waals surface area contributed by atoms with E-state index in [9.17, 15) is 0 Å². The third kappa shape index (κ3) is 1.45. The molecule has 2 aromatic rings. The van der Waals surface area contributed by atoms with Crippen molar-refractivity contribution in [3.63, 3.8) is 0 Å². The van der Waals surface area contributed by atoms with Crippen LogP contribution in [0.3, 0.4) is 0 Å². The molecule has 2 heterocycles. The van der Waals surface area contributed by atoms with Gasteiger partial charge in [-0.2, -0.15) is 0 Å². The Labute approximate surface area is 107 Å². The van der Waals surface area contributed by atoms with Crippen LogP contribution < -0.4 is 4.74 Å². The molecule has 2 heteroatoms. The van der Waals surface area contributed by atoms with Crippen molar-refractivity contribution < 1.29 is 4.74 Å². The predicted molar refractivity (Wildman–Crippen MR) is 70.7 cm³/mol. The van der Waals surface area contributed by atoms with E-state index in [1.165, 1.54) is 36.0 Å². The van der Waals surface area contributed by atoms with Gasteiger partial charge < -0.3 is 4.74 Å². The van der Waals surface area contributed by atoms with Gasteiger partial charge in [-0.25, -0.2) is 0 Å². The maximum absolute atomic E-state index is 5.77. The van der Waals surface area contributed by atoms with Gasteiger partial charge in [0.2, 0.25) is 0 Å². The predicted octanol–water partition coefficient (Wildman–Crippen LogP) is 3.56. The van der Waals surface area contributed by atoms with Crippen LogP contribution in [0, 0.1) is 0 Å². The average molecular weight is 237 g/mol. The van der Waals surface area contributed by atoms with Gasteiger partial charge in [-0.05, 0) is 43.0 Å². The number of benzene rings is 1. The van der Waals surface area contributed by atoms with E-state index in [1.54, 1.807) is 0 Å². The van der Waals surface area contributed by atoms with Gasteiger partial charge in [-0.15, -0.1) is 0 Å². The Kier molecular flexibility index (Phi) is 2.01. The molecule has 1 aliphatic carbocycles. The summed E-state index contributed by atoms with van der Waals surface area (Å²) in [5, 5.41) is 0. The van der Waals surface area contributed by atoms with Crippen LogP contribution in [0.4, 0.5) is 0 Å². The van der Waals surface area contributed by atoms with Crippen molar-refractivity contribution in [3.8, 4) is 16.9 Å². The molecule has 1 aromatic carbocycles. The highest BCUT2D eigenvalue weighted by molar-refractivity contribution is 5.66. The quantitative estimate of drug-likeness (QED) is 0.756. The average Bonchev–Trinajstić information content (AvgIpc) is 3.21. The number of ether oxygens (including phenoxy) is 1. The molecule has 4 rings (SSSR count). The summed E-state index contributed by atoms with van der Waals surface area (Å²) in [5.41, 5.74) is 4.28. The van der Waals surface area contributed by atoms with Crippen molar-refractivity contribution in [2.75, 3.05) is 6.61 Å². The summed E-state index contributed by atoms with van der Waals surface area (Å²) >= 11 is 0. The normalized spacial score (nSPS) is 19.1. The van der Waals surface area contributed by atoms with Crippen LogP contribution in [-0.4, -0.2) is 11.6 Å². The Bertz CT molecular complexity index is 587. The second kappa shape index (κ2) is 3.58. The summed E-state index contributed by atoms with van der Waals surface area (Å²) < 4.78 is 5.77. The van der Waals surface area contributed by atoms with Gasteiger partial charge >= 0.3 is 0 Å². The number of rotatable bonds is 1. The van der Waals surface area contributed by atoms with Crippen molar-refractivity contribution in [2.45, 2.75) is 24.7 Å². The highest BCUT2D eigenvalue weighted by atomic mass is 16.5. The number of hydrogen-bond acceptors (Lipinski definition) is 2. The van der Waals surface area contributed by atoms with E-state index in [-0.39, 0.29) is 0 Å². The molecule has 18 heavy (non-hydrogen) atoms. The van der Waals surface area contributed by atoms with Crippen LogP contribution >= 0.6 is 0 Å². The molecule has 1 saturated carbocycles. The molecule has 0 bridgehead atoms. The fourth-order valence-corrected chi connectivity index (χ4v) is 2.94. The van der Waals surface area contributed by atoms with Crippen LogP contribution in [0.2, 0.25) is 0 Å². The molecule has 90 valence electrons. The fourth-order valence-electron chi connectivity index (χ4n) is 2.94. The van der Waals surface area contributed by atoms with Crippen molar-refractivity contribution >= 4 is 0 Å². The molecule has 0 atom stereocenters. The maximum atomic E-state index is 5.77. The van der Waals surface area contributed by atoms with E-state index in [0.29, 0.717) is 5.41 Å². The van der Waals surface area contributed by atoms with Gasteiger partial charge in [0.15, 0.2) is 0 Å². The Balaban J connectivity index is 1.84. The van der Waals surface area contributed by atoms with Gasteiger partial charge in [0.25, 0.3) is 0 Å². The minimum atomic E-state index is 0.436. The van der Waals surface area contributed by atoms with Crippen molar-refractivity contribution in [1.82, 2.24) is 4.98 Å². The van der Waals surface area contributed by atoms with Gasteiger partial charge in [0.05, 0.1) is 6.61 Å². The summed E-state index contributed by atoms with van der Waals surface area (Å²) in [6.07, 6.45) is 7.55. The molecule has 2 nitrogen and oxygen atoms in total.